The maximum atomic E-state index is 13.5. The van der Waals surface area contributed by atoms with Crippen LogP contribution in [0.2, 0.25) is 0 Å². The highest BCUT2D eigenvalue weighted by Crippen LogP contribution is 2.40. The predicted molar refractivity (Wildman–Crippen MR) is 53.1 cm³/mol. The Bertz CT molecular complexity index is 340. The lowest BCUT2D eigenvalue weighted by Gasteiger charge is -2.28. The summed E-state index contributed by atoms with van der Waals surface area (Å²) in [5.74, 6) is 0.0376. The quantitative estimate of drug-likeness (QED) is 0.744. The van der Waals surface area contributed by atoms with Crippen LogP contribution >= 0.6 is 0 Å². The molecule has 0 aliphatic heterocycles. The molecule has 14 heavy (non-hydrogen) atoms. The number of pyridine rings is 1. The molecule has 0 amide bonds. The Kier molecular flexibility index (Phi) is 2.27. The molecule has 1 aromatic rings. The SMILES string of the molecule is CC1CCCC1(N)c1ncccc1F. The summed E-state index contributed by atoms with van der Waals surface area (Å²) in [6.07, 6.45) is 4.57. The normalized spacial score (nSPS) is 32.1. The van der Waals surface area contributed by atoms with Gasteiger partial charge in [0.15, 0.2) is 0 Å². The zero-order valence-corrected chi connectivity index (χ0v) is 8.33. The molecule has 1 fully saturated rings. The molecular weight excluding hydrogens is 179 g/mol. The van der Waals surface area contributed by atoms with Gasteiger partial charge in [0.1, 0.15) is 5.82 Å². The zero-order valence-electron chi connectivity index (χ0n) is 8.33. The van der Waals surface area contributed by atoms with Gasteiger partial charge in [0.25, 0.3) is 0 Å². The fourth-order valence-electron chi connectivity index (χ4n) is 2.28. The summed E-state index contributed by atoms with van der Waals surface area (Å²) in [6, 6.07) is 3.03. The average molecular weight is 194 g/mol. The summed E-state index contributed by atoms with van der Waals surface area (Å²) in [5, 5.41) is 0. The minimum absolute atomic E-state index is 0.274. The van der Waals surface area contributed by atoms with E-state index in [0.717, 1.165) is 19.3 Å². The van der Waals surface area contributed by atoms with Gasteiger partial charge in [0.05, 0.1) is 11.2 Å². The lowest BCUT2D eigenvalue weighted by Crippen LogP contribution is -2.40. The number of nitrogens with zero attached hydrogens (tertiary/aromatic N) is 1. The number of rotatable bonds is 1. The number of nitrogens with two attached hydrogens (primary N) is 1. The van der Waals surface area contributed by atoms with Crippen LogP contribution in [0.15, 0.2) is 18.3 Å². The standard InChI is InChI=1S/C11H15FN2/c1-8-4-2-6-11(8,13)10-9(12)5-3-7-14-10/h3,5,7-8H,2,4,6,13H2,1H3. The van der Waals surface area contributed by atoms with E-state index in [-0.39, 0.29) is 5.82 Å². The molecule has 3 heteroatoms. The van der Waals surface area contributed by atoms with Crippen molar-refractivity contribution in [2.75, 3.05) is 0 Å². The Labute approximate surface area is 83.3 Å². The molecule has 0 saturated heterocycles. The van der Waals surface area contributed by atoms with E-state index in [0.29, 0.717) is 11.6 Å². The third-order valence-corrected chi connectivity index (χ3v) is 3.31. The largest absolute Gasteiger partial charge is 0.320 e. The van der Waals surface area contributed by atoms with Crippen LogP contribution < -0.4 is 5.73 Å². The molecule has 0 spiro atoms. The molecule has 1 heterocycles. The van der Waals surface area contributed by atoms with Crippen molar-refractivity contribution < 1.29 is 4.39 Å². The highest BCUT2D eigenvalue weighted by atomic mass is 19.1. The first-order valence-electron chi connectivity index (χ1n) is 5.04. The second-order valence-corrected chi connectivity index (χ2v) is 4.17. The molecule has 76 valence electrons. The van der Waals surface area contributed by atoms with Crippen LogP contribution in [0.1, 0.15) is 31.9 Å². The monoisotopic (exact) mass is 194 g/mol. The molecule has 0 radical (unpaired) electrons. The molecular formula is C11H15FN2. The average Bonchev–Trinajstić information content (AvgIpc) is 2.49. The van der Waals surface area contributed by atoms with Crippen LogP contribution in [0.25, 0.3) is 0 Å². The summed E-state index contributed by atoms with van der Waals surface area (Å²) in [4.78, 5) is 4.08. The van der Waals surface area contributed by atoms with Gasteiger partial charge in [0.2, 0.25) is 0 Å². The summed E-state index contributed by atoms with van der Waals surface area (Å²) >= 11 is 0. The molecule has 1 saturated carbocycles. The Morgan fingerprint density at radius 1 is 1.64 bits per heavy atom. The lowest BCUT2D eigenvalue weighted by atomic mass is 9.85. The van der Waals surface area contributed by atoms with E-state index in [2.05, 4.69) is 11.9 Å². The molecule has 0 aromatic carbocycles. The summed E-state index contributed by atoms with van der Waals surface area (Å²) in [5.41, 5.74) is 6.11. The number of hydrogen-bond acceptors (Lipinski definition) is 2. The van der Waals surface area contributed by atoms with Crippen molar-refractivity contribution in [2.24, 2.45) is 11.7 Å². The number of hydrogen-bond donors (Lipinski definition) is 1. The second-order valence-electron chi connectivity index (χ2n) is 4.17. The molecule has 1 aliphatic rings. The van der Waals surface area contributed by atoms with Gasteiger partial charge in [-0.25, -0.2) is 4.39 Å². The van der Waals surface area contributed by atoms with E-state index in [1.54, 1.807) is 12.3 Å². The minimum Gasteiger partial charge on any atom is -0.320 e. The van der Waals surface area contributed by atoms with Crippen LogP contribution in [-0.4, -0.2) is 4.98 Å². The van der Waals surface area contributed by atoms with Gasteiger partial charge in [-0.15, -0.1) is 0 Å². The molecule has 2 unspecified atom stereocenters. The highest BCUT2D eigenvalue weighted by Gasteiger charge is 2.40. The zero-order chi connectivity index (χ0) is 10.2. The van der Waals surface area contributed by atoms with Gasteiger partial charge in [-0.05, 0) is 30.9 Å². The molecule has 2 atom stereocenters. The van der Waals surface area contributed by atoms with Crippen LogP contribution in [0, 0.1) is 11.7 Å². The van der Waals surface area contributed by atoms with E-state index >= 15 is 0 Å². The van der Waals surface area contributed by atoms with Gasteiger partial charge in [-0.3, -0.25) is 4.98 Å². The topological polar surface area (TPSA) is 38.9 Å². The van der Waals surface area contributed by atoms with Gasteiger partial charge in [-0.2, -0.15) is 0 Å². The molecule has 1 aliphatic carbocycles. The van der Waals surface area contributed by atoms with Crippen LogP contribution in [0.5, 0.6) is 0 Å². The van der Waals surface area contributed by atoms with Crippen LogP contribution in [0.3, 0.4) is 0 Å². The van der Waals surface area contributed by atoms with Gasteiger partial charge in [-0.1, -0.05) is 13.3 Å². The number of halogens is 1. The Morgan fingerprint density at radius 2 is 2.43 bits per heavy atom. The molecule has 1 aromatic heterocycles. The van der Waals surface area contributed by atoms with E-state index in [1.165, 1.54) is 6.07 Å². The molecule has 2 rings (SSSR count). The van der Waals surface area contributed by atoms with Crippen molar-refractivity contribution in [3.05, 3.63) is 29.8 Å². The predicted octanol–water partition coefficient (Wildman–Crippen LogP) is 2.19. The lowest BCUT2D eigenvalue weighted by molar-refractivity contribution is 0.324. The Morgan fingerprint density at radius 3 is 3.00 bits per heavy atom. The van der Waals surface area contributed by atoms with E-state index in [4.69, 9.17) is 5.73 Å². The first-order chi connectivity index (χ1) is 6.64. The van der Waals surface area contributed by atoms with Crippen molar-refractivity contribution in [3.8, 4) is 0 Å². The Hall–Kier alpha value is -0.960. The fourth-order valence-corrected chi connectivity index (χ4v) is 2.28. The van der Waals surface area contributed by atoms with Crippen molar-refractivity contribution in [2.45, 2.75) is 31.7 Å². The third-order valence-electron chi connectivity index (χ3n) is 3.31. The second kappa shape index (κ2) is 3.31. The van der Waals surface area contributed by atoms with Crippen molar-refractivity contribution >= 4 is 0 Å². The van der Waals surface area contributed by atoms with Crippen molar-refractivity contribution in [3.63, 3.8) is 0 Å². The highest BCUT2D eigenvalue weighted by molar-refractivity contribution is 5.20. The third kappa shape index (κ3) is 1.32. The van der Waals surface area contributed by atoms with E-state index in [9.17, 15) is 4.39 Å². The van der Waals surface area contributed by atoms with Crippen molar-refractivity contribution in [1.29, 1.82) is 0 Å². The first-order valence-corrected chi connectivity index (χ1v) is 5.04. The maximum Gasteiger partial charge on any atom is 0.146 e. The van der Waals surface area contributed by atoms with Crippen LogP contribution in [0.4, 0.5) is 4.39 Å². The van der Waals surface area contributed by atoms with Crippen LogP contribution in [-0.2, 0) is 5.54 Å². The maximum absolute atomic E-state index is 13.5. The van der Waals surface area contributed by atoms with Gasteiger partial charge in [0, 0.05) is 6.20 Å². The summed E-state index contributed by atoms with van der Waals surface area (Å²) < 4.78 is 13.5. The smallest absolute Gasteiger partial charge is 0.146 e. The molecule has 2 nitrogen and oxygen atoms in total. The van der Waals surface area contributed by atoms with Crippen molar-refractivity contribution in [1.82, 2.24) is 4.98 Å². The summed E-state index contributed by atoms with van der Waals surface area (Å²) in [7, 11) is 0. The van der Waals surface area contributed by atoms with Gasteiger partial charge >= 0.3 is 0 Å². The molecule has 2 N–H and O–H groups in total. The van der Waals surface area contributed by atoms with E-state index in [1.807, 2.05) is 0 Å². The molecule has 0 bridgehead atoms. The van der Waals surface area contributed by atoms with Gasteiger partial charge < -0.3 is 5.73 Å². The first kappa shape index (κ1) is 9.59. The fraction of sp³-hybridized carbons (Fsp3) is 0.545. The Balaban J connectivity index is 2.43. The van der Waals surface area contributed by atoms with E-state index < -0.39 is 5.54 Å². The number of aromatic nitrogens is 1. The summed E-state index contributed by atoms with van der Waals surface area (Å²) in [6.45, 7) is 2.07. The minimum atomic E-state index is -0.550.